The Hall–Kier alpha value is -0.0400. The molecule has 1 aliphatic carbocycles. The maximum Gasteiger partial charge on any atom is 0.00442 e. The van der Waals surface area contributed by atoms with E-state index in [0.717, 1.165) is 11.8 Å². The summed E-state index contributed by atoms with van der Waals surface area (Å²) in [5.74, 6) is 1.80. The standard InChI is InChI=1S/C8H17N/c1-3-7-5-8(9)4-6(7)2/h6-8H,3-5,9H2,1-2H3. The topological polar surface area (TPSA) is 26.0 Å². The molecule has 1 fully saturated rings. The Bertz CT molecular complexity index is 90.6. The third-order valence-electron chi connectivity index (χ3n) is 2.61. The molecular weight excluding hydrogens is 110 g/mol. The van der Waals surface area contributed by atoms with Crippen LogP contribution in [0.2, 0.25) is 0 Å². The van der Waals surface area contributed by atoms with Crippen LogP contribution in [0.25, 0.3) is 0 Å². The molecule has 2 N–H and O–H groups in total. The van der Waals surface area contributed by atoms with E-state index in [1.807, 2.05) is 0 Å². The average Bonchev–Trinajstić information content (AvgIpc) is 2.10. The first-order chi connectivity index (χ1) is 4.24. The van der Waals surface area contributed by atoms with Crippen LogP contribution in [0.1, 0.15) is 33.1 Å². The average molecular weight is 127 g/mol. The summed E-state index contributed by atoms with van der Waals surface area (Å²) in [6, 6.07) is 0.505. The lowest BCUT2D eigenvalue weighted by Gasteiger charge is -2.10. The van der Waals surface area contributed by atoms with E-state index >= 15 is 0 Å². The Morgan fingerprint density at radius 3 is 2.33 bits per heavy atom. The fraction of sp³-hybridized carbons (Fsp3) is 1.00. The molecule has 0 bridgehead atoms. The van der Waals surface area contributed by atoms with Crippen LogP contribution in [0.4, 0.5) is 0 Å². The van der Waals surface area contributed by atoms with Gasteiger partial charge in [-0.05, 0) is 24.7 Å². The fourth-order valence-electron chi connectivity index (χ4n) is 1.96. The SMILES string of the molecule is CCC1CC(N)CC1C. The molecule has 1 aliphatic rings. The van der Waals surface area contributed by atoms with Gasteiger partial charge in [0.1, 0.15) is 0 Å². The molecule has 54 valence electrons. The molecule has 0 aliphatic heterocycles. The van der Waals surface area contributed by atoms with Gasteiger partial charge in [-0.2, -0.15) is 0 Å². The first-order valence-electron chi connectivity index (χ1n) is 3.99. The molecule has 0 amide bonds. The zero-order valence-corrected chi connectivity index (χ0v) is 6.43. The van der Waals surface area contributed by atoms with Crippen molar-refractivity contribution in [2.75, 3.05) is 0 Å². The van der Waals surface area contributed by atoms with Gasteiger partial charge in [-0.1, -0.05) is 20.3 Å². The minimum Gasteiger partial charge on any atom is -0.328 e. The van der Waals surface area contributed by atoms with E-state index in [0.29, 0.717) is 6.04 Å². The lowest BCUT2D eigenvalue weighted by molar-refractivity contribution is 0.407. The predicted octanol–water partition coefficient (Wildman–Crippen LogP) is 1.77. The molecule has 9 heavy (non-hydrogen) atoms. The second-order valence-electron chi connectivity index (χ2n) is 3.38. The van der Waals surface area contributed by atoms with Gasteiger partial charge >= 0.3 is 0 Å². The van der Waals surface area contributed by atoms with Crippen molar-refractivity contribution in [3.05, 3.63) is 0 Å². The maximum atomic E-state index is 5.79. The smallest absolute Gasteiger partial charge is 0.00442 e. The Balaban J connectivity index is 2.38. The predicted molar refractivity (Wildman–Crippen MR) is 40.2 cm³/mol. The Morgan fingerprint density at radius 2 is 2.11 bits per heavy atom. The lowest BCUT2D eigenvalue weighted by atomic mass is 9.96. The second kappa shape index (κ2) is 2.70. The van der Waals surface area contributed by atoms with Crippen molar-refractivity contribution in [2.45, 2.75) is 39.2 Å². The van der Waals surface area contributed by atoms with Crippen molar-refractivity contribution in [1.82, 2.24) is 0 Å². The molecule has 0 aromatic rings. The van der Waals surface area contributed by atoms with Crippen molar-refractivity contribution in [1.29, 1.82) is 0 Å². The van der Waals surface area contributed by atoms with Crippen LogP contribution >= 0.6 is 0 Å². The molecule has 0 radical (unpaired) electrons. The van der Waals surface area contributed by atoms with Crippen LogP contribution in [0.15, 0.2) is 0 Å². The summed E-state index contributed by atoms with van der Waals surface area (Å²) in [5, 5.41) is 0. The van der Waals surface area contributed by atoms with Crippen molar-refractivity contribution >= 4 is 0 Å². The summed E-state index contributed by atoms with van der Waals surface area (Å²) in [5.41, 5.74) is 5.79. The molecule has 0 spiro atoms. The number of hydrogen-bond acceptors (Lipinski definition) is 1. The summed E-state index contributed by atoms with van der Waals surface area (Å²) in [7, 11) is 0. The highest BCUT2D eigenvalue weighted by Crippen LogP contribution is 2.32. The van der Waals surface area contributed by atoms with E-state index in [-0.39, 0.29) is 0 Å². The summed E-state index contributed by atoms with van der Waals surface area (Å²) in [6.07, 6.45) is 3.82. The number of hydrogen-bond donors (Lipinski definition) is 1. The van der Waals surface area contributed by atoms with Crippen molar-refractivity contribution < 1.29 is 0 Å². The van der Waals surface area contributed by atoms with Gasteiger partial charge < -0.3 is 5.73 Å². The molecular formula is C8H17N. The van der Waals surface area contributed by atoms with E-state index in [1.54, 1.807) is 0 Å². The molecule has 1 heteroatoms. The highest BCUT2D eigenvalue weighted by atomic mass is 14.7. The monoisotopic (exact) mass is 127 g/mol. The molecule has 0 saturated heterocycles. The van der Waals surface area contributed by atoms with Crippen molar-refractivity contribution in [3.63, 3.8) is 0 Å². The van der Waals surface area contributed by atoms with E-state index in [2.05, 4.69) is 13.8 Å². The summed E-state index contributed by atoms with van der Waals surface area (Å²) >= 11 is 0. The third kappa shape index (κ3) is 1.45. The van der Waals surface area contributed by atoms with Crippen LogP contribution in [0.5, 0.6) is 0 Å². The highest BCUT2D eigenvalue weighted by Gasteiger charge is 2.26. The highest BCUT2D eigenvalue weighted by molar-refractivity contribution is 4.81. The Labute approximate surface area is 57.6 Å². The minimum absolute atomic E-state index is 0.505. The molecule has 3 atom stereocenters. The van der Waals surface area contributed by atoms with Gasteiger partial charge in [0, 0.05) is 6.04 Å². The fourth-order valence-corrected chi connectivity index (χ4v) is 1.96. The van der Waals surface area contributed by atoms with Crippen molar-refractivity contribution in [3.8, 4) is 0 Å². The van der Waals surface area contributed by atoms with E-state index in [1.165, 1.54) is 19.3 Å². The van der Waals surface area contributed by atoms with Crippen LogP contribution in [0, 0.1) is 11.8 Å². The molecule has 1 rings (SSSR count). The minimum atomic E-state index is 0.505. The Kier molecular flexibility index (Phi) is 2.12. The van der Waals surface area contributed by atoms with Gasteiger partial charge in [-0.25, -0.2) is 0 Å². The summed E-state index contributed by atoms with van der Waals surface area (Å²) < 4.78 is 0. The maximum absolute atomic E-state index is 5.79. The zero-order valence-electron chi connectivity index (χ0n) is 6.43. The van der Waals surface area contributed by atoms with Gasteiger partial charge in [0.2, 0.25) is 0 Å². The van der Waals surface area contributed by atoms with E-state index in [9.17, 15) is 0 Å². The van der Waals surface area contributed by atoms with Crippen LogP contribution in [-0.2, 0) is 0 Å². The van der Waals surface area contributed by atoms with Gasteiger partial charge in [-0.15, -0.1) is 0 Å². The quantitative estimate of drug-likeness (QED) is 0.570. The largest absolute Gasteiger partial charge is 0.328 e. The third-order valence-corrected chi connectivity index (χ3v) is 2.61. The first-order valence-corrected chi connectivity index (χ1v) is 3.99. The normalized spacial score (nSPS) is 43.7. The lowest BCUT2D eigenvalue weighted by Crippen LogP contribution is -2.14. The molecule has 0 aromatic carbocycles. The van der Waals surface area contributed by atoms with Gasteiger partial charge in [-0.3, -0.25) is 0 Å². The van der Waals surface area contributed by atoms with Gasteiger partial charge in [0.15, 0.2) is 0 Å². The molecule has 0 heterocycles. The molecule has 3 unspecified atom stereocenters. The van der Waals surface area contributed by atoms with Crippen LogP contribution < -0.4 is 5.73 Å². The second-order valence-corrected chi connectivity index (χ2v) is 3.38. The molecule has 1 nitrogen and oxygen atoms in total. The molecule has 1 saturated carbocycles. The van der Waals surface area contributed by atoms with Gasteiger partial charge in [0.25, 0.3) is 0 Å². The van der Waals surface area contributed by atoms with Crippen molar-refractivity contribution in [2.24, 2.45) is 17.6 Å². The number of nitrogens with two attached hydrogens (primary N) is 1. The van der Waals surface area contributed by atoms with E-state index in [4.69, 9.17) is 5.73 Å². The zero-order chi connectivity index (χ0) is 6.85. The summed E-state index contributed by atoms with van der Waals surface area (Å²) in [4.78, 5) is 0. The van der Waals surface area contributed by atoms with Crippen LogP contribution in [-0.4, -0.2) is 6.04 Å². The van der Waals surface area contributed by atoms with Crippen LogP contribution in [0.3, 0.4) is 0 Å². The first kappa shape index (κ1) is 7.07. The van der Waals surface area contributed by atoms with E-state index < -0.39 is 0 Å². The Morgan fingerprint density at radius 1 is 1.44 bits per heavy atom. The number of rotatable bonds is 1. The summed E-state index contributed by atoms with van der Waals surface area (Å²) in [6.45, 7) is 4.58. The molecule has 0 aromatic heterocycles. The van der Waals surface area contributed by atoms with Gasteiger partial charge in [0.05, 0.1) is 0 Å².